The Bertz CT molecular complexity index is 718. The molecule has 0 spiro atoms. The molecular formula is C17H17FN2O3. The third kappa shape index (κ3) is 4.06. The van der Waals surface area contributed by atoms with Crippen molar-refractivity contribution in [3.05, 3.63) is 59.9 Å². The van der Waals surface area contributed by atoms with E-state index in [-0.39, 0.29) is 5.56 Å². The number of para-hydroxylation sites is 2. The molecule has 1 atom stereocenters. The minimum Gasteiger partial charge on any atom is -0.495 e. The third-order valence-corrected chi connectivity index (χ3v) is 3.22. The maximum absolute atomic E-state index is 13.6. The van der Waals surface area contributed by atoms with Crippen LogP contribution in [0.1, 0.15) is 17.3 Å². The van der Waals surface area contributed by atoms with E-state index in [1.165, 1.54) is 32.2 Å². The lowest BCUT2D eigenvalue weighted by molar-refractivity contribution is -0.117. The molecule has 2 aromatic carbocycles. The highest BCUT2D eigenvalue weighted by molar-refractivity contribution is 6.01. The Kier molecular flexibility index (Phi) is 5.30. The average molecular weight is 316 g/mol. The Morgan fingerprint density at radius 1 is 1.09 bits per heavy atom. The van der Waals surface area contributed by atoms with Gasteiger partial charge in [0.05, 0.1) is 18.4 Å². The molecule has 23 heavy (non-hydrogen) atoms. The molecule has 0 aliphatic heterocycles. The number of ether oxygens (including phenoxy) is 1. The SMILES string of the molecule is COc1ccccc1NC(=O)C(C)NC(=O)c1ccccc1F. The van der Waals surface area contributed by atoms with Crippen molar-refractivity contribution in [3.63, 3.8) is 0 Å². The monoisotopic (exact) mass is 316 g/mol. The topological polar surface area (TPSA) is 67.4 Å². The quantitative estimate of drug-likeness (QED) is 0.891. The van der Waals surface area contributed by atoms with Crippen molar-refractivity contribution in [2.75, 3.05) is 12.4 Å². The first-order chi connectivity index (χ1) is 11.0. The van der Waals surface area contributed by atoms with Gasteiger partial charge in [-0.3, -0.25) is 9.59 Å². The van der Waals surface area contributed by atoms with Crippen molar-refractivity contribution in [1.82, 2.24) is 5.32 Å². The first-order valence-corrected chi connectivity index (χ1v) is 7.02. The van der Waals surface area contributed by atoms with Crippen LogP contribution in [0.2, 0.25) is 0 Å². The highest BCUT2D eigenvalue weighted by Crippen LogP contribution is 2.23. The number of hydrogen-bond acceptors (Lipinski definition) is 3. The number of carbonyl (C=O) groups excluding carboxylic acids is 2. The van der Waals surface area contributed by atoms with Gasteiger partial charge in [0.1, 0.15) is 17.6 Å². The van der Waals surface area contributed by atoms with Gasteiger partial charge in [0.2, 0.25) is 5.91 Å². The highest BCUT2D eigenvalue weighted by Gasteiger charge is 2.19. The zero-order chi connectivity index (χ0) is 16.8. The van der Waals surface area contributed by atoms with Crippen molar-refractivity contribution < 1.29 is 18.7 Å². The zero-order valence-electron chi connectivity index (χ0n) is 12.8. The lowest BCUT2D eigenvalue weighted by Gasteiger charge is -2.15. The van der Waals surface area contributed by atoms with Crippen LogP contribution in [-0.4, -0.2) is 25.0 Å². The minimum absolute atomic E-state index is 0.107. The number of hydrogen-bond donors (Lipinski definition) is 2. The molecule has 0 aliphatic carbocycles. The molecule has 5 nitrogen and oxygen atoms in total. The smallest absolute Gasteiger partial charge is 0.254 e. The second-order valence-electron chi connectivity index (χ2n) is 4.86. The normalized spacial score (nSPS) is 11.4. The van der Waals surface area contributed by atoms with Crippen molar-refractivity contribution in [2.45, 2.75) is 13.0 Å². The number of methoxy groups -OCH3 is 1. The number of carbonyl (C=O) groups is 2. The Labute approximate surface area is 133 Å². The van der Waals surface area contributed by atoms with E-state index in [0.717, 1.165) is 0 Å². The predicted molar refractivity (Wildman–Crippen MR) is 85.0 cm³/mol. The summed E-state index contributed by atoms with van der Waals surface area (Å²) in [5.74, 6) is -1.21. The van der Waals surface area contributed by atoms with Gasteiger partial charge in [-0.05, 0) is 31.2 Å². The summed E-state index contributed by atoms with van der Waals surface area (Å²) in [5.41, 5.74) is 0.386. The summed E-state index contributed by atoms with van der Waals surface area (Å²) in [4.78, 5) is 24.2. The van der Waals surface area contributed by atoms with Crippen LogP contribution in [0.15, 0.2) is 48.5 Å². The number of rotatable bonds is 5. The molecule has 0 saturated heterocycles. The van der Waals surface area contributed by atoms with Gasteiger partial charge in [-0.2, -0.15) is 0 Å². The van der Waals surface area contributed by atoms with E-state index in [0.29, 0.717) is 11.4 Å². The zero-order valence-corrected chi connectivity index (χ0v) is 12.8. The second-order valence-corrected chi connectivity index (χ2v) is 4.86. The fourth-order valence-corrected chi connectivity index (χ4v) is 1.97. The van der Waals surface area contributed by atoms with Gasteiger partial charge in [-0.1, -0.05) is 24.3 Å². The van der Waals surface area contributed by atoms with E-state index in [4.69, 9.17) is 4.74 Å². The Balaban J connectivity index is 2.03. The van der Waals surface area contributed by atoms with E-state index < -0.39 is 23.7 Å². The largest absolute Gasteiger partial charge is 0.495 e. The molecule has 1 unspecified atom stereocenters. The van der Waals surface area contributed by atoms with Crippen LogP contribution in [0.3, 0.4) is 0 Å². The van der Waals surface area contributed by atoms with E-state index in [1.807, 2.05) is 0 Å². The summed E-state index contributed by atoms with van der Waals surface area (Å²) >= 11 is 0. The summed E-state index contributed by atoms with van der Waals surface area (Å²) in [5, 5.41) is 5.12. The van der Waals surface area contributed by atoms with E-state index in [2.05, 4.69) is 10.6 Å². The Hall–Kier alpha value is -2.89. The van der Waals surface area contributed by atoms with Gasteiger partial charge >= 0.3 is 0 Å². The molecule has 0 saturated carbocycles. The van der Waals surface area contributed by atoms with Crippen LogP contribution < -0.4 is 15.4 Å². The minimum atomic E-state index is -0.841. The van der Waals surface area contributed by atoms with Gasteiger partial charge in [0.25, 0.3) is 5.91 Å². The molecule has 0 heterocycles. The predicted octanol–water partition coefficient (Wildman–Crippen LogP) is 2.59. The van der Waals surface area contributed by atoms with Crippen LogP contribution in [0.25, 0.3) is 0 Å². The van der Waals surface area contributed by atoms with E-state index in [1.54, 1.807) is 30.3 Å². The first kappa shape index (κ1) is 16.5. The van der Waals surface area contributed by atoms with Crippen molar-refractivity contribution >= 4 is 17.5 Å². The van der Waals surface area contributed by atoms with Gasteiger partial charge in [-0.25, -0.2) is 4.39 Å². The number of anilines is 1. The van der Waals surface area contributed by atoms with Crippen LogP contribution in [0.5, 0.6) is 5.75 Å². The standard InChI is InChI=1S/C17H17FN2O3/c1-11(19-17(22)12-7-3-4-8-13(12)18)16(21)20-14-9-5-6-10-15(14)23-2/h3-11H,1-2H3,(H,19,22)(H,20,21). The molecular weight excluding hydrogens is 299 g/mol. The summed E-state index contributed by atoms with van der Waals surface area (Å²) in [6.45, 7) is 1.52. The average Bonchev–Trinajstić information content (AvgIpc) is 2.55. The summed E-state index contributed by atoms with van der Waals surface area (Å²) in [6.07, 6.45) is 0. The van der Waals surface area contributed by atoms with Gasteiger partial charge in [0, 0.05) is 0 Å². The number of halogens is 1. The molecule has 0 bridgehead atoms. The molecule has 2 amide bonds. The molecule has 0 aliphatic rings. The fourth-order valence-electron chi connectivity index (χ4n) is 1.97. The van der Waals surface area contributed by atoms with Crippen LogP contribution >= 0.6 is 0 Å². The summed E-state index contributed by atoms with van der Waals surface area (Å²) in [7, 11) is 1.49. The first-order valence-electron chi connectivity index (χ1n) is 7.02. The van der Waals surface area contributed by atoms with E-state index in [9.17, 15) is 14.0 Å². The summed E-state index contributed by atoms with van der Waals surface area (Å²) < 4.78 is 18.7. The van der Waals surface area contributed by atoms with Crippen LogP contribution in [0.4, 0.5) is 10.1 Å². The third-order valence-electron chi connectivity index (χ3n) is 3.22. The molecule has 0 aromatic heterocycles. The van der Waals surface area contributed by atoms with Crippen molar-refractivity contribution in [1.29, 1.82) is 0 Å². The molecule has 0 fully saturated rings. The molecule has 120 valence electrons. The van der Waals surface area contributed by atoms with Gasteiger partial charge in [0.15, 0.2) is 0 Å². The number of amides is 2. The van der Waals surface area contributed by atoms with Crippen molar-refractivity contribution in [3.8, 4) is 5.75 Å². The lowest BCUT2D eigenvalue weighted by atomic mass is 10.2. The van der Waals surface area contributed by atoms with Crippen molar-refractivity contribution in [2.24, 2.45) is 0 Å². The Morgan fingerprint density at radius 2 is 1.74 bits per heavy atom. The number of nitrogens with one attached hydrogen (secondary N) is 2. The van der Waals surface area contributed by atoms with Gasteiger partial charge < -0.3 is 15.4 Å². The highest BCUT2D eigenvalue weighted by atomic mass is 19.1. The molecule has 2 aromatic rings. The maximum Gasteiger partial charge on any atom is 0.254 e. The number of benzene rings is 2. The fraction of sp³-hybridized carbons (Fsp3) is 0.176. The second kappa shape index (κ2) is 7.40. The molecule has 0 radical (unpaired) electrons. The maximum atomic E-state index is 13.6. The van der Waals surface area contributed by atoms with Crippen LogP contribution in [0, 0.1) is 5.82 Å². The molecule has 6 heteroatoms. The lowest BCUT2D eigenvalue weighted by Crippen LogP contribution is -2.41. The molecule has 2 N–H and O–H groups in total. The summed E-state index contributed by atoms with van der Waals surface area (Å²) in [6, 6.07) is 11.7. The van der Waals surface area contributed by atoms with Crippen LogP contribution in [-0.2, 0) is 4.79 Å². The van der Waals surface area contributed by atoms with Gasteiger partial charge in [-0.15, -0.1) is 0 Å². The molecule has 2 rings (SSSR count). The Morgan fingerprint density at radius 3 is 2.43 bits per heavy atom. The van der Waals surface area contributed by atoms with E-state index >= 15 is 0 Å².